The second-order valence-electron chi connectivity index (χ2n) is 6.38. The van der Waals surface area contributed by atoms with Gasteiger partial charge >= 0.3 is 0 Å². The van der Waals surface area contributed by atoms with Crippen LogP contribution in [0.2, 0.25) is 0 Å². The first-order chi connectivity index (χ1) is 11.5. The number of hydrogen-bond acceptors (Lipinski definition) is 5. The van der Waals surface area contributed by atoms with E-state index in [9.17, 15) is 30.0 Å². The molecule has 140 valence electrons. The third-order valence-corrected chi connectivity index (χ3v) is 7.76. The molecule has 2 saturated heterocycles. The first-order valence-corrected chi connectivity index (χ1v) is 10.8. The van der Waals surface area contributed by atoms with E-state index in [1.165, 1.54) is 0 Å². The number of nitrogens with one attached hydrogen (secondary N) is 1. The topological polar surface area (TPSA) is 89.5 Å². The van der Waals surface area contributed by atoms with Gasteiger partial charge in [-0.1, -0.05) is 0 Å². The number of benzene rings is 1. The Morgan fingerprint density at radius 1 is 1.16 bits per heavy atom. The van der Waals surface area contributed by atoms with Crippen molar-refractivity contribution in [3.05, 3.63) is 29.6 Å². The van der Waals surface area contributed by atoms with E-state index in [0.717, 1.165) is 0 Å². The molecule has 2 atom stereocenters. The van der Waals surface area contributed by atoms with Crippen molar-refractivity contribution in [1.29, 1.82) is 0 Å². The van der Waals surface area contributed by atoms with Crippen LogP contribution < -0.4 is 4.72 Å². The molecule has 0 aromatic heterocycles. The smallest absolute Gasteiger partial charge is 0.243 e. The van der Waals surface area contributed by atoms with Crippen LogP contribution in [0, 0.1) is 17.5 Å². The molecule has 0 aliphatic carbocycles. The fraction of sp³-hybridized carbons (Fsp3) is 0.571. The summed E-state index contributed by atoms with van der Waals surface area (Å²) < 4.78 is 95.8. The van der Waals surface area contributed by atoms with Crippen molar-refractivity contribution in [2.24, 2.45) is 0 Å². The van der Waals surface area contributed by atoms with Crippen molar-refractivity contribution >= 4 is 19.9 Å². The molecule has 25 heavy (non-hydrogen) atoms. The zero-order valence-electron chi connectivity index (χ0n) is 13.0. The van der Waals surface area contributed by atoms with Crippen LogP contribution in [-0.4, -0.2) is 46.6 Å². The summed E-state index contributed by atoms with van der Waals surface area (Å²) in [5, 5.41) is 0. The first kappa shape index (κ1) is 18.6. The van der Waals surface area contributed by atoms with Crippen molar-refractivity contribution in [3.8, 4) is 0 Å². The fourth-order valence-corrected chi connectivity index (χ4v) is 6.60. The van der Waals surface area contributed by atoms with Gasteiger partial charge in [0.05, 0.1) is 17.1 Å². The minimum atomic E-state index is -4.44. The van der Waals surface area contributed by atoms with E-state index in [4.69, 9.17) is 4.74 Å². The Balaban J connectivity index is 1.81. The van der Waals surface area contributed by atoms with Crippen molar-refractivity contribution in [3.63, 3.8) is 0 Å². The first-order valence-electron chi connectivity index (χ1n) is 7.53. The van der Waals surface area contributed by atoms with Gasteiger partial charge in [-0.05, 0) is 25.3 Å². The summed E-state index contributed by atoms with van der Waals surface area (Å²) in [6, 6.07) is -0.249. The number of rotatable bonds is 3. The molecule has 2 fully saturated rings. The minimum Gasteiger partial charge on any atom is -0.374 e. The van der Waals surface area contributed by atoms with E-state index >= 15 is 0 Å². The standard InChI is InChI=1S/C14H16F3NO5S2/c15-10-5-12(17)13(6-11(10)16)25(21,22)18-9-1-3-23-14(7-9)2-4-24(19,20)8-14/h5-6,9,18H,1-4,7-8H2. The normalized spacial score (nSPS) is 29.2. The van der Waals surface area contributed by atoms with Crippen LogP contribution in [0.3, 0.4) is 0 Å². The van der Waals surface area contributed by atoms with Gasteiger partial charge in [0.15, 0.2) is 21.5 Å². The highest BCUT2D eigenvalue weighted by molar-refractivity contribution is 7.91. The molecule has 2 unspecified atom stereocenters. The zero-order chi connectivity index (χ0) is 18.5. The van der Waals surface area contributed by atoms with Gasteiger partial charge in [-0.25, -0.2) is 34.7 Å². The van der Waals surface area contributed by atoms with Gasteiger partial charge in [0, 0.05) is 18.7 Å². The Hall–Kier alpha value is -1.17. The average Bonchev–Trinajstić information content (AvgIpc) is 2.77. The van der Waals surface area contributed by atoms with Gasteiger partial charge in [-0.2, -0.15) is 0 Å². The van der Waals surface area contributed by atoms with Gasteiger partial charge < -0.3 is 4.74 Å². The molecule has 3 rings (SSSR count). The summed E-state index contributed by atoms with van der Waals surface area (Å²) in [7, 11) is -7.69. The largest absolute Gasteiger partial charge is 0.374 e. The lowest BCUT2D eigenvalue weighted by Crippen LogP contribution is -2.49. The SMILES string of the molecule is O=S1(=O)CCC2(CC(NS(=O)(=O)c3cc(F)c(F)cc3F)CCO2)C1. The highest BCUT2D eigenvalue weighted by atomic mass is 32.2. The third-order valence-electron chi connectivity index (χ3n) is 4.43. The summed E-state index contributed by atoms with van der Waals surface area (Å²) in [4.78, 5) is -0.994. The van der Waals surface area contributed by atoms with E-state index in [1.807, 2.05) is 0 Å². The Kier molecular flexibility index (Phi) is 4.63. The second kappa shape index (κ2) is 6.22. The molecule has 6 nitrogen and oxygen atoms in total. The zero-order valence-corrected chi connectivity index (χ0v) is 14.6. The third kappa shape index (κ3) is 3.83. The lowest BCUT2D eigenvalue weighted by atomic mass is 9.90. The van der Waals surface area contributed by atoms with Crippen LogP contribution in [0.4, 0.5) is 13.2 Å². The molecule has 0 bridgehead atoms. The Bertz CT molecular complexity index is 903. The Morgan fingerprint density at radius 3 is 2.48 bits per heavy atom. The predicted molar refractivity (Wildman–Crippen MR) is 81.6 cm³/mol. The highest BCUT2D eigenvalue weighted by Crippen LogP contribution is 2.36. The van der Waals surface area contributed by atoms with Crippen LogP contribution in [0.15, 0.2) is 17.0 Å². The molecule has 1 aromatic rings. The van der Waals surface area contributed by atoms with Crippen LogP contribution in [0.5, 0.6) is 0 Å². The van der Waals surface area contributed by atoms with E-state index in [-0.39, 0.29) is 49.5 Å². The average molecular weight is 399 g/mol. The van der Waals surface area contributed by atoms with Crippen LogP contribution in [0.1, 0.15) is 19.3 Å². The number of halogens is 3. The van der Waals surface area contributed by atoms with Gasteiger partial charge in [0.2, 0.25) is 10.0 Å². The molecule has 2 heterocycles. The van der Waals surface area contributed by atoms with Crippen molar-refractivity contribution in [2.45, 2.75) is 35.8 Å². The molecular weight excluding hydrogens is 383 g/mol. The summed E-state index contributed by atoms with van der Waals surface area (Å²) >= 11 is 0. The molecular formula is C14H16F3NO5S2. The van der Waals surface area contributed by atoms with Crippen molar-refractivity contribution in [1.82, 2.24) is 4.72 Å². The summed E-state index contributed by atoms with van der Waals surface area (Å²) in [5.41, 5.74) is -0.961. The highest BCUT2D eigenvalue weighted by Gasteiger charge is 2.47. The quantitative estimate of drug-likeness (QED) is 0.770. The van der Waals surface area contributed by atoms with E-state index in [2.05, 4.69) is 4.72 Å². The van der Waals surface area contributed by atoms with Crippen LogP contribution in [0.25, 0.3) is 0 Å². The Labute approximate surface area is 143 Å². The molecule has 0 radical (unpaired) electrons. The van der Waals surface area contributed by atoms with Crippen LogP contribution in [-0.2, 0) is 24.6 Å². The summed E-state index contributed by atoms with van der Waals surface area (Å²) in [5.74, 6) is -4.61. The number of sulfonamides is 1. The number of ether oxygens (including phenoxy) is 1. The maximum Gasteiger partial charge on any atom is 0.243 e. The summed E-state index contributed by atoms with van der Waals surface area (Å²) in [6.45, 7) is 0.142. The molecule has 0 saturated carbocycles. The molecule has 2 aliphatic heterocycles. The summed E-state index contributed by atoms with van der Waals surface area (Å²) in [6.07, 6.45) is 0.621. The molecule has 1 N–H and O–H groups in total. The maximum absolute atomic E-state index is 13.7. The number of hydrogen-bond donors (Lipinski definition) is 1. The number of sulfone groups is 1. The molecule has 1 aromatic carbocycles. The second-order valence-corrected chi connectivity index (χ2v) is 10.2. The van der Waals surface area contributed by atoms with Crippen LogP contribution >= 0.6 is 0 Å². The maximum atomic E-state index is 13.7. The molecule has 1 spiro atoms. The van der Waals surface area contributed by atoms with E-state index < -0.39 is 53.9 Å². The van der Waals surface area contributed by atoms with Gasteiger partial charge in [0.1, 0.15) is 10.7 Å². The molecule has 2 aliphatic rings. The Morgan fingerprint density at radius 2 is 1.84 bits per heavy atom. The molecule has 0 amide bonds. The molecule has 11 heteroatoms. The van der Waals surface area contributed by atoms with Gasteiger partial charge in [-0.3, -0.25) is 0 Å². The fourth-order valence-electron chi connectivity index (χ4n) is 3.28. The lowest BCUT2D eigenvalue weighted by molar-refractivity contribution is -0.0675. The lowest BCUT2D eigenvalue weighted by Gasteiger charge is -2.37. The van der Waals surface area contributed by atoms with Crippen molar-refractivity contribution in [2.75, 3.05) is 18.1 Å². The van der Waals surface area contributed by atoms with Gasteiger partial charge in [0.25, 0.3) is 0 Å². The monoisotopic (exact) mass is 399 g/mol. The van der Waals surface area contributed by atoms with Gasteiger partial charge in [-0.15, -0.1) is 0 Å². The minimum absolute atomic E-state index is 0.0374. The van der Waals surface area contributed by atoms with E-state index in [1.54, 1.807) is 0 Å². The predicted octanol–water partition coefficient (Wildman–Crippen LogP) is 1.12. The van der Waals surface area contributed by atoms with E-state index in [0.29, 0.717) is 0 Å². The van der Waals surface area contributed by atoms with Crippen molar-refractivity contribution < 1.29 is 34.7 Å².